The maximum Gasteiger partial charge on any atom is 0.146 e. The van der Waals surface area contributed by atoms with E-state index < -0.39 is 0 Å². The molecule has 0 amide bonds. The highest BCUT2D eigenvalue weighted by atomic mass is 35.5. The molecule has 0 bridgehead atoms. The van der Waals surface area contributed by atoms with E-state index in [1.54, 1.807) is 25.3 Å². The van der Waals surface area contributed by atoms with E-state index in [2.05, 4.69) is 0 Å². The molecule has 0 atom stereocenters. The van der Waals surface area contributed by atoms with E-state index in [0.29, 0.717) is 27.8 Å². The van der Waals surface area contributed by atoms with Crippen molar-refractivity contribution in [3.8, 4) is 11.5 Å². The summed E-state index contributed by atoms with van der Waals surface area (Å²) in [7, 11) is 1.55. The number of hydrogen-bond acceptors (Lipinski definition) is 3. The van der Waals surface area contributed by atoms with Gasteiger partial charge in [0, 0.05) is 16.7 Å². The number of nitrogens with two attached hydrogens (primary N) is 1. The van der Waals surface area contributed by atoms with Gasteiger partial charge in [-0.2, -0.15) is 0 Å². The Kier molecular flexibility index (Phi) is 4.12. The molecule has 0 radical (unpaired) electrons. The van der Waals surface area contributed by atoms with Crippen LogP contribution in [0, 0.1) is 5.82 Å². The predicted molar refractivity (Wildman–Crippen MR) is 73.1 cm³/mol. The van der Waals surface area contributed by atoms with Crippen molar-refractivity contribution in [1.29, 1.82) is 0 Å². The van der Waals surface area contributed by atoms with E-state index in [0.717, 1.165) is 0 Å². The van der Waals surface area contributed by atoms with Crippen LogP contribution in [-0.2, 0) is 6.61 Å². The lowest BCUT2D eigenvalue weighted by atomic mass is 10.2. The van der Waals surface area contributed by atoms with Crippen LogP contribution in [-0.4, -0.2) is 7.11 Å². The Morgan fingerprint density at radius 3 is 2.74 bits per heavy atom. The Morgan fingerprint density at radius 1 is 1.21 bits per heavy atom. The molecule has 0 unspecified atom stereocenters. The fourth-order valence-electron chi connectivity index (χ4n) is 1.58. The van der Waals surface area contributed by atoms with Gasteiger partial charge in [-0.15, -0.1) is 0 Å². The van der Waals surface area contributed by atoms with Crippen LogP contribution in [0.15, 0.2) is 36.4 Å². The van der Waals surface area contributed by atoms with Gasteiger partial charge in [0.2, 0.25) is 0 Å². The molecule has 0 aliphatic rings. The zero-order valence-corrected chi connectivity index (χ0v) is 11.1. The molecule has 100 valence electrons. The van der Waals surface area contributed by atoms with Crippen molar-refractivity contribution in [1.82, 2.24) is 0 Å². The minimum atomic E-state index is -0.360. The lowest BCUT2D eigenvalue weighted by Gasteiger charge is -2.11. The van der Waals surface area contributed by atoms with Gasteiger partial charge in [0.15, 0.2) is 0 Å². The van der Waals surface area contributed by atoms with E-state index in [4.69, 9.17) is 26.8 Å². The summed E-state index contributed by atoms with van der Waals surface area (Å²) in [6.45, 7) is 0.133. The van der Waals surface area contributed by atoms with E-state index >= 15 is 0 Å². The van der Waals surface area contributed by atoms with Crippen molar-refractivity contribution in [3.63, 3.8) is 0 Å². The minimum Gasteiger partial charge on any atom is -0.497 e. The summed E-state index contributed by atoms with van der Waals surface area (Å²) < 4.78 is 23.7. The molecule has 5 heteroatoms. The number of hydrogen-bond donors (Lipinski definition) is 1. The molecular formula is C14H13ClFNO2. The molecule has 0 fully saturated rings. The van der Waals surface area contributed by atoms with Gasteiger partial charge < -0.3 is 15.2 Å². The van der Waals surface area contributed by atoms with Crippen LogP contribution in [0.4, 0.5) is 10.1 Å². The molecule has 2 aromatic carbocycles. The van der Waals surface area contributed by atoms with Gasteiger partial charge in [-0.1, -0.05) is 11.6 Å². The van der Waals surface area contributed by atoms with Crippen LogP contribution in [0.25, 0.3) is 0 Å². The van der Waals surface area contributed by atoms with Crippen LogP contribution in [0.2, 0.25) is 5.02 Å². The van der Waals surface area contributed by atoms with Crippen molar-refractivity contribution in [2.24, 2.45) is 0 Å². The van der Waals surface area contributed by atoms with Gasteiger partial charge in [0.25, 0.3) is 0 Å². The maximum absolute atomic E-state index is 13.1. The van der Waals surface area contributed by atoms with Gasteiger partial charge in [-0.05, 0) is 30.3 Å². The Morgan fingerprint density at radius 2 is 2.00 bits per heavy atom. The van der Waals surface area contributed by atoms with Crippen molar-refractivity contribution in [3.05, 3.63) is 52.8 Å². The second-order valence-corrected chi connectivity index (χ2v) is 4.34. The Bertz CT molecular complexity index is 590. The van der Waals surface area contributed by atoms with Gasteiger partial charge in [0.05, 0.1) is 12.8 Å². The third-order valence-corrected chi connectivity index (χ3v) is 2.98. The molecule has 0 aromatic heterocycles. The van der Waals surface area contributed by atoms with Gasteiger partial charge in [-0.25, -0.2) is 4.39 Å². The van der Waals surface area contributed by atoms with Crippen molar-refractivity contribution < 1.29 is 13.9 Å². The van der Waals surface area contributed by atoms with Crippen LogP contribution in [0.1, 0.15) is 5.56 Å². The van der Waals surface area contributed by atoms with Crippen LogP contribution in [0.5, 0.6) is 11.5 Å². The first-order valence-corrected chi connectivity index (χ1v) is 5.98. The molecule has 0 aliphatic carbocycles. The summed E-state index contributed by atoms with van der Waals surface area (Å²) in [4.78, 5) is 0. The van der Waals surface area contributed by atoms with Gasteiger partial charge in [0.1, 0.15) is 23.9 Å². The zero-order valence-electron chi connectivity index (χ0n) is 10.3. The van der Waals surface area contributed by atoms with E-state index in [9.17, 15) is 4.39 Å². The van der Waals surface area contributed by atoms with Crippen LogP contribution < -0.4 is 15.2 Å². The highest BCUT2D eigenvalue weighted by Crippen LogP contribution is 2.28. The topological polar surface area (TPSA) is 44.5 Å². The standard InChI is InChI=1S/C14H13ClFNO2/c1-18-11-3-5-13(17)14(7-11)19-8-9-6-10(16)2-4-12(9)15/h2-7H,8,17H2,1H3. The normalized spacial score (nSPS) is 10.3. The number of nitrogen functional groups attached to an aromatic ring is 1. The molecular weight excluding hydrogens is 269 g/mol. The Labute approximate surface area is 115 Å². The summed E-state index contributed by atoms with van der Waals surface area (Å²) >= 11 is 5.96. The fraction of sp³-hybridized carbons (Fsp3) is 0.143. The highest BCUT2D eigenvalue weighted by molar-refractivity contribution is 6.31. The third kappa shape index (κ3) is 3.29. The summed E-state index contributed by atoms with van der Waals surface area (Å²) in [5.74, 6) is 0.746. The van der Waals surface area contributed by atoms with E-state index in [1.807, 2.05) is 0 Å². The molecule has 19 heavy (non-hydrogen) atoms. The third-order valence-electron chi connectivity index (χ3n) is 2.61. The summed E-state index contributed by atoms with van der Waals surface area (Å²) in [5.41, 5.74) is 6.83. The van der Waals surface area contributed by atoms with E-state index in [1.165, 1.54) is 18.2 Å². The van der Waals surface area contributed by atoms with Crippen LogP contribution >= 0.6 is 11.6 Å². The molecule has 0 spiro atoms. The molecule has 0 heterocycles. The molecule has 0 saturated heterocycles. The number of benzene rings is 2. The number of halogens is 2. The first-order valence-electron chi connectivity index (χ1n) is 5.60. The van der Waals surface area contributed by atoms with Crippen LogP contribution in [0.3, 0.4) is 0 Å². The number of ether oxygens (including phenoxy) is 2. The van der Waals surface area contributed by atoms with E-state index in [-0.39, 0.29) is 12.4 Å². The van der Waals surface area contributed by atoms with Gasteiger partial charge >= 0.3 is 0 Å². The Balaban J connectivity index is 2.16. The highest BCUT2D eigenvalue weighted by Gasteiger charge is 2.06. The minimum absolute atomic E-state index is 0.133. The van der Waals surface area contributed by atoms with Crippen molar-refractivity contribution in [2.75, 3.05) is 12.8 Å². The summed E-state index contributed by atoms with van der Waals surface area (Å²) in [6.07, 6.45) is 0. The smallest absolute Gasteiger partial charge is 0.146 e. The quantitative estimate of drug-likeness (QED) is 0.870. The Hall–Kier alpha value is -1.94. The number of methoxy groups -OCH3 is 1. The second-order valence-electron chi connectivity index (χ2n) is 3.93. The second kappa shape index (κ2) is 5.80. The lowest BCUT2D eigenvalue weighted by Crippen LogP contribution is -2.00. The summed E-state index contributed by atoms with van der Waals surface area (Å²) in [5, 5.41) is 0.447. The largest absolute Gasteiger partial charge is 0.497 e. The molecule has 2 aromatic rings. The molecule has 0 aliphatic heterocycles. The molecule has 3 nitrogen and oxygen atoms in total. The number of anilines is 1. The average Bonchev–Trinajstić information content (AvgIpc) is 2.41. The molecule has 2 rings (SSSR count). The summed E-state index contributed by atoms with van der Waals surface area (Å²) in [6, 6.07) is 9.20. The number of rotatable bonds is 4. The SMILES string of the molecule is COc1ccc(N)c(OCc2cc(F)ccc2Cl)c1. The first kappa shape index (κ1) is 13.5. The lowest BCUT2D eigenvalue weighted by molar-refractivity contribution is 0.305. The average molecular weight is 282 g/mol. The fourth-order valence-corrected chi connectivity index (χ4v) is 1.75. The molecule has 0 saturated carbocycles. The maximum atomic E-state index is 13.1. The predicted octanol–water partition coefficient (Wildman–Crippen LogP) is 3.65. The van der Waals surface area contributed by atoms with Crippen molar-refractivity contribution in [2.45, 2.75) is 6.61 Å². The van der Waals surface area contributed by atoms with Gasteiger partial charge in [-0.3, -0.25) is 0 Å². The monoisotopic (exact) mass is 281 g/mol. The zero-order chi connectivity index (χ0) is 13.8. The van der Waals surface area contributed by atoms with Crippen molar-refractivity contribution >= 4 is 17.3 Å². The first-order chi connectivity index (χ1) is 9.10. The molecule has 2 N–H and O–H groups in total.